The fourth-order valence-corrected chi connectivity index (χ4v) is 2.79. The highest BCUT2D eigenvalue weighted by Crippen LogP contribution is 2.29. The second-order valence-electron chi connectivity index (χ2n) is 5.90. The topological polar surface area (TPSA) is 38.5 Å². The van der Waals surface area contributed by atoms with E-state index in [2.05, 4.69) is 29.2 Å². The van der Waals surface area contributed by atoms with Gasteiger partial charge in [-0.15, -0.1) is 0 Å². The summed E-state index contributed by atoms with van der Waals surface area (Å²) in [5, 5.41) is 0. The van der Waals surface area contributed by atoms with Gasteiger partial charge in [0.05, 0.1) is 6.61 Å². The molecule has 2 aliphatic rings. The Morgan fingerprint density at radius 3 is 2.63 bits per heavy atom. The third kappa shape index (κ3) is 3.48. The molecule has 0 radical (unpaired) electrons. The lowest BCUT2D eigenvalue weighted by atomic mass is 10.2. The zero-order valence-corrected chi connectivity index (χ0v) is 11.6. The first kappa shape index (κ1) is 12.9. The molecule has 0 bridgehead atoms. The fraction of sp³-hybridized carbons (Fsp3) is 0.625. The Hall–Kier alpha value is -1.06. The van der Waals surface area contributed by atoms with Crippen molar-refractivity contribution in [3.63, 3.8) is 0 Å². The molecule has 1 saturated heterocycles. The monoisotopic (exact) mass is 260 g/mol. The van der Waals surface area contributed by atoms with Crippen LogP contribution in [0.4, 0.5) is 0 Å². The molecule has 104 valence electrons. The average molecular weight is 260 g/mol. The van der Waals surface area contributed by atoms with Crippen LogP contribution < -0.4 is 10.5 Å². The number of nitrogens with two attached hydrogens (primary N) is 1. The molecule has 1 unspecified atom stereocenters. The van der Waals surface area contributed by atoms with Gasteiger partial charge in [-0.3, -0.25) is 4.90 Å². The molecular formula is C16H24N2O. The molecule has 1 atom stereocenters. The zero-order chi connectivity index (χ0) is 13.1. The van der Waals surface area contributed by atoms with E-state index in [1.165, 1.54) is 37.8 Å². The molecule has 1 aliphatic carbocycles. The lowest BCUT2D eigenvalue weighted by Crippen LogP contribution is -2.34. The molecule has 0 aromatic heterocycles. The van der Waals surface area contributed by atoms with E-state index in [0.29, 0.717) is 6.04 Å². The molecular weight excluding hydrogens is 236 g/mol. The van der Waals surface area contributed by atoms with Crippen LogP contribution in [0.15, 0.2) is 24.3 Å². The Kier molecular flexibility index (Phi) is 4.04. The summed E-state index contributed by atoms with van der Waals surface area (Å²) in [6.45, 7) is 3.87. The predicted octanol–water partition coefficient (Wildman–Crippen LogP) is 2.40. The van der Waals surface area contributed by atoms with Gasteiger partial charge < -0.3 is 10.5 Å². The Bertz CT molecular complexity index is 400. The standard InChI is InChI=1S/C16H24N2O/c17-10-15-2-1-9-18(15)11-13-5-7-16(8-6-13)19-12-14-3-4-14/h5-8,14-15H,1-4,9-12,17H2. The highest BCUT2D eigenvalue weighted by Gasteiger charge is 2.23. The lowest BCUT2D eigenvalue weighted by molar-refractivity contribution is 0.250. The molecule has 0 amide bonds. The van der Waals surface area contributed by atoms with Gasteiger partial charge in [0.1, 0.15) is 5.75 Å². The second-order valence-corrected chi connectivity index (χ2v) is 5.90. The van der Waals surface area contributed by atoms with Gasteiger partial charge in [0.15, 0.2) is 0 Å². The van der Waals surface area contributed by atoms with E-state index in [9.17, 15) is 0 Å². The predicted molar refractivity (Wildman–Crippen MR) is 77.1 cm³/mol. The fourth-order valence-electron chi connectivity index (χ4n) is 2.79. The molecule has 1 aromatic rings. The summed E-state index contributed by atoms with van der Waals surface area (Å²) in [4.78, 5) is 2.50. The number of benzene rings is 1. The van der Waals surface area contributed by atoms with Crippen molar-refractivity contribution < 1.29 is 4.74 Å². The number of nitrogens with zero attached hydrogens (tertiary/aromatic N) is 1. The molecule has 3 nitrogen and oxygen atoms in total. The number of hydrogen-bond acceptors (Lipinski definition) is 3. The maximum absolute atomic E-state index is 5.81. The molecule has 2 fully saturated rings. The van der Waals surface area contributed by atoms with Gasteiger partial charge in [0, 0.05) is 19.1 Å². The molecule has 19 heavy (non-hydrogen) atoms. The maximum Gasteiger partial charge on any atom is 0.119 e. The van der Waals surface area contributed by atoms with Crippen molar-refractivity contribution >= 4 is 0 Å². The zero-order valence-electron chi connectivity index (χ0n) is 11.6. The molecule has 2 N–H and O–H groups in total. The van der Waals surface area contributed by atoms with Crippen molar-refractivity contribution in [2.75, 3.05) is 19.7 Å². The largest absolute Gasteiger partial charge is 0.493 e. The van der Waals surface area contributed by atoms with Crippen LogP contribution in [0.2, 0.25) is 0 Å². The van der Waals surface area contributed by atoms with Crippen LogP contribution in [-0.4, -0.2) is 30.6 Å². The van der Waals surface area contributed by atoms with E-state index in [1.54, 1.807) is 0 Å². The molecule has 3 rings (SSSR count). The number of likely N-dealkylation sites (tertiary alicyclic amines) is 1. The SMILES string of the molecule is NCC1CCCN1Cc1ccc(OCC2CC2)cc1. The summed E-state index contributed by atoms with van der Waals surface area (Å²) < 4.78 is 5.76. The summed E-state index contributed by atoms with van der Waals surface area (Å²) in [5.41, 5.74) is 7.17. The van der Waals surface area contributed by atoms with Gasteiger partial charge >= 0.3 is 0 Å². The normalized spacial score (nSPS) is 23.7. The average Bonchev–Trinajstić information content (AvgIpc) is 3.17. The highest BCUT2D eigenvalue weighted by molar-refractivity contribution is 5.27. The number of hydrogen-bond donors (Lipinski definition) is 1. The lowest BCUT2D eigenvalue weighted by Gasteiger charge is -2.23. The third-order valence-electron chi connectivity index (χ3n) is 4.26. The van der Waals surface area contributed by atoms with E-state index < -0.39 is 0 Å². The third-order valence-corrected chi connectivity index (χ3v) is 4.26. The number of rotatable bonds is 6. The number of ether oxygens (including phenoxy) is 1. The van der Waals surface area contributed by atoms with Gasteiger partial charge in [0.25, 0.3) is 0 Å². The van der Waals surface area contributed by atoms with E-state index in [0.717, 1.165) is 31.4 Å². The van der Waals surface area contributed by atoms with E-state index in [1.807, 2.05) is 0 Å². The van der Waals surface area contributed by atoms with E-state index in [-0.39, 0.29) is 0 Å². The van der Waals surface area contributed by atoms with Crippen LogP contribution in [0.1, 0.15) is 31.2 Å². The van der Waals surface area contributed by atoms with Crippen molar-refractivity contribution in [3.8, 4) is 5.75 Å². The summed E-state index contributed by atoms with van der Waals surface area (Å²) in [6, 6.07) is 9.16. The first-order chi connectivity index (χ1) is 9.35. The van der Waals surface area contributed by atoms with E-state index >= 15 is 0 Å². The summed E-state index contributed by atoms with van der Waals surface area (Å²) in [5.74, 6) is 1.82. The Balaban J connectivity index is 1.52. The minimum Gasteiger partial charge on any atom is -0.493 e. The first-order valence-corrected chi connectivity index (χ1v) is 7.51. The maximum atomic E-state index is 5.81. The summed E-state index contributed by atoms with van der Waals surface area (Å²) in [6.07, 6.45) is 5.21. The first-order valence-electron chi connectivity index (χ1n) is 7.51. The van der Waals surface area contributed by atoms with Gasteiger partial charge in [-0.25, -0.2) is 0 Å². The molecule has 0 spiro atoms. The molecule has 1 saturated carbocycles. The van der Waals surface area contributed by atoms with Crippen molar-refractivity contribution in [1.82, 2.24) is 4.90 Å². The van der Waals surface area contributed by atoms with Crippen molar-refractivity contribution in [2.24, 2.45) is 11.7 Å². The minimum atomic E-state index is 0.575. The quantitative estimate of drug-likeness (QED) is 0.853. The molecule has 1 aromatic carbocycles. The van der Waals surface area contributed by atoms with Crippen molar-refractivity contribution in [1.29, 1.82) is 0 Å². The highest BCUT2D eigenvalue weighted by atomic mass is 16.5. The smallest absolute Gasteiger partial charge is 0.119 e. The van der Waals surface area contributed by atoms with Gasteiger partial charge in [-0.2, -0.15) is 0 Å². The summed E-state index contributed by atoms with van der Waals surface area (Å²) in [7, 11) is 0. The molecule has 1 aliphatic heterocycles. The van der Waals surface area contributed by atoms with Crippen LogP contribution in [0, 0.1) is 5.92 Å². The van der Waals surface area contributed by atoms with Crippen LogP contribution in [0.3, 0.4) is 0 Å². The van der Waals surface area contributed by atoms with Gasteiger partial charge in [-0.05, 0) is 55.8 Å². The summed E-state index contributed by atoms with van der Waals surface area (Å²) >= 11 is 0. The van der Waals surface area contributed by atoms with Crippen LogP contribution >= 0.6 is 0 Å². The van der Waals surface area contributed by atoms with Crippen LogP contribution in [0.5, 0.6) is 5.75 Å². The minimum absolute atomic E-state index is 0.575. The van der Waals surface area contributed by atoms with Crippen molar-refractivity contribution in [2.45, 2.75) is 38.3 Å². The Morgan fingerprint density at radius 2 is 1.95 bits per heavy atom. The Labute approximate surface area is 115 Å². The van der Waals surface area contributed by atoms with Crippen molar-refractivity contribution in [3.05, 3.63) is 29.8 Å². The second kappa shape index (κ2) is 5.93. The van der Waals surface area contributed by atoms with Gasteiger partial charge in [-0.1, -0.05) is 12.1 Å². The van der Waals surface area contributed by atoms with E-state index in [4.69, 9.17) is 10.5 Å². The molecule has 3 heteroatoms. The molecule has 1 heterocycles. The van der Waals surface area contributed by atoms with Gasteiger partial charge in [0.2, 0.25) is 0 Å². The van der Waals surface area contributed by atoms with Crippen LogP contribution in [-0.2, 0) is 6.54 Å². The van der Waals surface area contributed by atoms with Crippen LogP contribution in [0.25, 0.3) is 0 Å². The Morgan fingerprint density at radius 1 is 1.16 bits per heavy atom.